The average Bonchev–Trinajstić information content (AvgIpc) is 2.71. The number of piperidine rings is 1. The van der Waals surface area contributed by atoms with E-state index in [4.69, 9.17) is 0 Å². The van der Waals surface area contributed by atoms with E-state index in [0.29, 0.717) is 32.5 Å². The number of likely N-dealkylation sites (tertiary alicyclic amines) is 2. The van der Waals surface area contributed by atoms with Crippen molar-refractivity contribution in [2.75, 3.05) is 32.7 Å². The number of hydrogen-bond donors (Lipinski definition) is 2. The number of carbonyl (C=O) groups excluding carboxylic acids is 3. The van der Waals surface area contributed by atoms with Gasteiger partial charge in [-0.1, -0.05) is 12.8 Å². The highest BCUT2D eigenvalue weighted by molar-refractivity contribution is 6.07. The summed E-state index contributed by atoms with van der Waals surface area (Å²) in [5.74, 6) is -0.0336. The monoisotopic (exact) mass is 308 g/mol. The van der Waals surface area contributed by atoms with Gasteiger partial charge in [0.25, 0.3) is 5.91 Å². The molecule has 0 aromatic heterocycles. The average molecular weight is 308 g/mol. The molecule has 0 atom stereocenters. The maximum absolute atomic E-state index is 12.4. The Morgan fingerprint density at radius 3 is 2.18 bits per heavy atom. The van der Waals surface area contributed by atoms with Crippen molar-refractivity contribution in [2.45, 2.75) is 44.1 Å². The molecule has 3 rings (SSSR count). The molecular formula is C15H24N4O3. The van der Waals surface area contributed by atoms with E-state index in [2.05, 4.69) is 15.5 Å². The lowest BCUT2D eigenvalue weighted by Crippen LogP contribution is -2.56. The van der Waals surface area contributed by atoms with Crippen LogP contribution >= 0.6 is 0 Å². The van der Waals surface area contributed by atoms with Gasteiger partial charge in [-0.3, -0.25) is 19.8 Å². The van der Waals surface area contributed by atoms with E-state index in [1.54, 1.807) is 0 Å². The Morgan fingerprint density at radius 1 is 1.00 bits per heavy atom. The number of imide groups is 1. The van der Waals surface area contributed by atoms with Crippen LogP contribution in [0.15, 0.2) is 0 Å². The lowest BCUT2D eigenvalue weighted by Gasteiger charge is -2.37. The Kier molecular flexibility index (Phi) is 4.33. The second-order valence-electron chi connectivity index (χ2n) is 6.56. The number of carbonyl (C=O) groups is 3. The summed E-state index contributed by atoms with van der Waals surface area (Å²) in [6.45, 7) is 3.48. The molecule has 122 valence electrons. The summed E-state index contributed by atoms with van der Waals surface area (Å²) in [7, 11) is 0. The summed E-state index contributed by atoms with van der Waals surface area (Å²) in [6.07, 6.45) is 5.76. The summed E-state index contributed by atoms with van der Waals surface area (Å²) in [5.41, 5.74) is -0.751. The maximum atomic E-state index is 12.4. The third-order valence-corrected chi connectivity index (χ3v) is 5.04. The molecule has 0 bridgehead atoms. The molecule has 7 heteroatoms. The van der Waals surface area contributed by atoms with Crippen LogP contribution < -0.4 is 10.6 Å². The molecule has 3 fully saturated rings. The van der Waals surface area contributed by atoms with Crippen molar-refractivity contribution in [3.8, 4) is 0 Å². The fourth-order valence-electron chi connectivity index (χ4n) is 3.58. The molecule has 0 aromatic rings. The minimum atomic E-state index is -0.751. The quantitative estimate of drug-likeness (QED) is 0.707. The fourth-order valence-corrected chi connectivity index (χ4v) is 3.58. The number of nitrogens with one attached hydrogen (secondary N) is 2. The van der Waals surface area contributed by atoms with Crippen LogP contribution in [0.1, 0.15) is 38.5 Å². The minimum Gasteiger partial charge on any atom is -0.342 e. The maximum Gasteiger partial charge on any atom is 0.322 e. The highest BCUT2D eigenvalue weighted by Crippen LogP contribution is 2.25. The van der Waals surface area contributed by atoms with Gasteiger partial charge in [-0.05, 0) is 25.7 Å². The molecule has 0 radical (unpaired) electrons. The standard InChI is InChI=1S/C15H24N4O3/c20-12(19-7-3-1-2-4-8-19)11-18-9-5-15(6-10-18)13(21)16-14(22)17-15/h1-11H2,(H2,16,17,21,22). The van der Waals surface area contributed by atoms with Crippen molar-refractivity contribution >= 4 is 17.8 Å². The first-order valence-corrected chi connectivity index (χ1v) is 8.23. The predicted molar refractivity (Wildman–Crippen MR) is 80.1 cm³/mol. The smallest absolute Gasteiger partial charge is 0.322 e. The second kappa shape index (κ2) is 6.24. The lowest BCUT2D eigenvalue weighted by molar-refractivity contribution is -0.133. The molecule has 0 saturated carbocycles. The van der Waals surface area contributed by atoms with Crippen LogP contribution in [0, 0.1) is 0 Å². The van der Waals surface area contributed by atoms with Gasteiger partial charge in [0.05, 0.1) is 6.54 Å². The van der Waals surface area contributed by atoms with Crippen LogP contribution in [0.5, 0.6) is 0 Å². The van der Waals surface area contributed by atoms with Crippen LogP contribution in [-0.4, -0.2) is 65.9 Å². The zero-order valence-corrected chi connectivity index (χ0v) is 12.9. The van der Waals surface area contributed by atoms with Crippen LogP contribution in [0.3, 0.4) is 0 Å². The Labute approximate surface area is 130 Å². The van der Waals surface area contributed by atoms with Crippen LogP contribution in [0.25, 0.3) is 0 Å². The van der Waals surface area contributed by atoms with Gasteiger partial charge in [-0.15, -0.1) is 0 Å². The summed E-state index contributed by atoms with van der Waals surface area (Å²) in [5, 5.41) is 5.05. The van der Waals surface area contributed by atoms with Gasteiger partial charge in [0.1, 0.15) is 5.54 Å². The molecule has 4 amide bonds. The molecule has 3 aliphatic rings. The first kappa shape index (κ1) is 15.3. The SMILES string of the molecule is O=C1NC(=O)C2(CCN(CC(=O)N3CCCCCC3)CC2)N1. The number of amides is 4. The van der Waals surface area contributed by atoms with Gasteiger partial charge < -0.3 is 10.2 Å². The molecule has 7 nitrogen and oxygen atoms in total. The zero-order chi connectivity index (χ0) is 15.6. The van der Waals surface area contributed by atoms with E-state index in [0.717, 1.165) is 25.9 Å². The molecule has 0 aromatic carbocycles. The lowest BCUT2D eigenvalue weighted by atomic mass is 9.88. The molecule has 3 saturated heterocycles. The highest BCUT2D eigenvalue weighted by atomic mass is 16.2. The van der Waals surface area contributed by atoms with Crippen LogP contribution in [0.2, 0.25) is 0 Å². The van der Waals surface area contributed by atoms with Crippen LogP contribution in [-0.2, 0) is 9.59 Å². The summed E-state index contributed by atoms with van der Waals surface area (Å²) < 4.78 is 0. The molecule has 0 unspecified atom stereocenters. The first-order valence-electron chi connectivity index (χ1n) is 8.23. The number of rotatable bonds is 2. The van der Waals surface area contributed by atoms with Gasteiger partial charge in [0.15, 0.2) is 0 Å². The molecule has 1 spiro atoms. The molecule has 3 aliphatic heterocycles. The highest BCUT2D eigenvalue weighted by Gasteiger charge is 2.47. The number of nitrogens with zero attached hydrogens (tertiary/aromatic N) is 2. The Balaban J connectivity index is 1.50. The van der Waals surface area contributed by atoms with Crippen molar-refractivity contribution in [1.29, 1.82) is 0 Å². The summed E-state index contributed by atoms with van der Waals surface area (Å²) >= 11 is 0. The van der Waals surface area contributed by atoms with E-state index in [1.807, 2.05) is 4.90 Å². The third-order valence-electron chi connectivity index (χ3n) is 5.04. The van der Waals surface area contributed by atoms with Gasteiger partial charge in [0, 0.05) is 26.2 Å². The Hall–Kier alpha value is -1.63. The van der Waals surface area contributed by atoms with E-state index in [9.17, 15) is 14.4 Å². The van der Waals surface area contributed by atoms with Gasteiger partial charge in [-0.25, -0.2) is 4.79 Å². The molecule has 3 heterocycles. The Bertz CT molecular complexity index is 463. The van der Waals surface area contributed by atoms with Gasteiger partial charge in [-0.2, -0.15) is 0 Å². The Morgan fingerprint density at radius 2 is 1.64 bits per heavy atom. The topological polar surface area (TPSA) is 81.8 Å². The number of urea groups is 1. The van der Waals surface area contributed by atoms with E-state index >= 15 is 0 Å². The minimum absolute atomic E-state index is 0.192. The van der Waals surface area contributed by atoms with E-state index < -0.39 is 11.6 Å². The molecular weight excluding hydrogens is 284 g/mol. The van der Waals surface area contributed by atoms with Crippen LogP contribution in [0.4, 0.5) is 4.79 Å². The normalized spacial score (nSPS) is 25.7. The summed E-state index contributed by atoms with van der Waals surface area (Å²) in [4.78, 5) is 39.6. The molecule has 0 aliphatic carbocycles. The second-order valence-corrected chi connectivity index (χ2v) is 6.56. The fraction of sp³-hybridized carbons (Fsp3) is 0.800. The van der Waals surface area contributed by atoms with E-state index in [1.165, 1.54) is 12.8 Å². The van der Waals surface area contributed by atoms with Crippen molar-refractivity contribution in [2.24, 2.45) is 0 Å². The third kappa shape index (κ3) is 3.09. The van der Waals surface area contributed by atoms with Crippen molar-refractivity contribution < 1.29 is 14.4 Å². The van der Waals surface area contributed by atoms with Crippen molar-refractivity contribution in [3.63, 3.8) is 0 Å². The summed E-state index contributed by atoms with van der Waals surface area (Å²) in [6, 6.07) is -0.404. The zero-order valence-electron chi connectivity index (χ0n) is 12.9. The van der Waals surface area contributed by atoms with E-state index in [-0.39, 0.29) is 11.8 Å². The molecule has 22 heavy (non-hydrogen) atoms. The van der Waals surface area contributed by atoms with Crippen molar-refractivity contribution in [3.05, 3.63) is 0 Å². The molecule has 2 N–H and O–H groups in total. The number of hydrogen-bond acceptors (Lipinski definition) is 4. The van der Waals surface area contributed by atoms with Crippen molar-refractivity contribution in [1.82, 2.24) is 20.4 Å². The van der Waals surface area contributed by atoms with Gasteiger partial charge in [0.2, 0.25) is 5.91 Å². The largest absolute Gasteiger partial charge is 0.342 e. The first-order chi connectivity index (χ1) is 10.6. The predicted octanol–water partition coefficient (Wildman–Crippen LogP) is 0.0630. The van der Waals surface area contributed by atoms with Gasteiger partial charge >= 0.3 is 6.03 Å².